The maximum Gasteiger partial charge on any atom is 0.270 e. The van der Waals surface area contributed by atoms with Crippen molar-refractivity contribution >= 4 is 11.6 Å². The third-order valence-electron chi connectivity index (χ3n) is 3.31. The van der Waals surface area contributed by atoms with E-state index in [1.807, 2.05) is 7.05 Å². The van der Waals surface area contributed by atoms with Crippen molar-refractivity contribution in [3.05, 3.63) is 39.4 Å². The smallest absolute Gasteiger partial charge is 0.270 e. The number of piperazine rings is 1. The van der Waals surface area contributed by atoms with Crippen LogP contribution in [-0.2, 0) is 0 Å². The average molecular weight is 263 g/mol. The average Bonchev–Trinajstić information content (AvgIpc) is 2.38. The highest BCUT2D eigenvalue weighted by Crippen LogP contribution is 2.18. The zero-order valence-corrected chi connectivity index (χ0v) is 11.1. The first-order valence-electron chi connectivity index (χ1n) is 6.21. The highest BCUT2D eigenvalue weighted by Gasteiger charge is 2.22. The molecule has 0 aliphatic carbocycles. The van der Waals surface area contributed by atoms with E-state index in [1.165, 1.54) is 12.1 Å². The van der Waals surface area contributed by atoms with Gasteiger partial charge < -0.3 is 9.80 Å². The lowest BCUT2D eigenvalue weighted by Gasteiger charge is -2.32. The fourth-order valence-electron chi connectivity index (χ4n) is 2.18. The Morgan fingerprint density at radius 1 is 1.21 bits per heavy atom. The van der Waals surface area contributed by atoms with Crippen molar-refractivity contribution in [1.82, 2.24) is 9.80 Å². The number of aryl methyl sites for hydroxylation is 1. The van der Waals surface area contributed by atoms with Crippen molar-refractivity contribution in [3.63, 3.8) is 0 Å². The molecular weight excluding hydrogens is 246 g/mol. The van der Waals surface area contributed by atoms with Gasteiger partial charge in [0.25, 0.3) is 11.6 Å². The molecule has 1 aliphatic heterocycles. The molecule has 0 bridgehead atoms. The predicted molar refractivity (Wildman–Crippen MR) is 71.2 cm³/mol. The van der Waals surface area contributed by atoms with E-state index in [4.69, 9.17) is 0 Å². The first-order valence-corrected chi connectivity index (χ1v) is 6.21. The summed E-state index contributed by atoms with van der Waals surface area (Å²) in [6.07, 6.45) is 0. The van der Waals surface area contributed by atoms with Gasteiger partial charge in [0.2, 0.25) is 0 Å². The SMILES string of the molecule is Cc1cc(C(=O)N2CCN(C)CC2)cc([N+](=O)[O-])c1. The van der Waals surface area contributed by atoms with Gasteiger partial charge in [-0.1, -0.05) is 0 Å². The molecule has 0 radical (unpaired) electrons. The second kappa shape index (κ2) is 5.36. The third-order valence-corrected chi connectivity index (χ3v) is 3.31. The number of non-ortho nitro benzene ring substituents is 1. The van der Waals surface area contributed by atoms with Crippen molar-refractivity contribution in [2.45, 2.75) is 6.92 Å². The Morgan fingerprint density at radius 2 is 1.84 bits per heavy atom. The number of nitro benzene ring substituents is 1. The third kappa shape index (κ3) is 3.08. The first-order chi connectivity index (χ1) is 8.97. The van der Waals surface area contributed by atoms with Crippen LogP contribution in [0.4, 0.5) is 5.69 Å². The van der Waals surface area contributed by atoms with Crippen LogP contribution in [0.25, 0.3) is 0 Å². The Balaban J connectivity index is 2.21. The fraction of sp³-hybridized carbons (Fsp3) is 0.462. The number of hydrogen-bond acceptors (Lipinski definition) is 4. The van der Waals surface area contributed by atoms with Gasteiger partial charge in [-0.05, 0) is 25.6 Å². The Morgan fingerprint density at radius 3 is 2.42 bits per heavy atom. The number of amides is 1. The highest BCUT2D eigenvalue weighted by atomic mass is 16.6. The van der Waals surface area contributed by atoms with Crippen LogP contribution in [0.3, 0.4) is 0 Å². The molecular formula is C13H17N3O3. The van der Waals surface area contributed by atoms with E-state index >= 15 is 0 Å². The van der Waals surface area contributed by atoms with Crippen molar-refractivity contribution in [1.29, 1.82) is 0 Å². The van der Waals surface area contributed by atoms with Gasteiger partial charge in [-0.25, -0.2) is 0 Å². The van der Waals surface area contributed by atoms with E-state index in [1.54, 1.807) is 17.9 Å². The minimum Gasteiger partial charge on any atom is -0.336 e. The molecule has 0 saturated carbocycles. The number of nitrogens with zero attached hydrogens (tertiary/aromatic N) is 3. The summed E-state index contributed by atoms with van der Waals surface area (Å²) in [5.41, 5.74) is 1.10. The number of nitro groups is 1. The molecule has 0 aromatic heterocycles. The lowest BCUT2D eigenvalue weighted by Crippen LogP contribution is -2.47. The summed E-state index contributed by atoms with van der Waals surface area (Å²) in [6.45, 7) is 4.75. The maximum absolute atomic E-state index is 12.3. The molecule has 1 aromatic carbocycles. The Kier molecular flexibility index (Phi) is 3.80. The van der Waals surface area contributed by atoms with Gasteiger partial charge >= 0.3 is 0 Å². The van der Waals surface area contributed by atoms with E-state index < -0.39 is 4.92 Å². The summed E-state index contributed by atoms with van der Waals surface area (Å²) in [6, 6.07) is 4.53. The van der Waals surface area contributed by atoms with Gasteiger partial charge in [0.15, 0.2) is 0 Å². The molecule has 19 heavy (non-hydrogen) atoms. The minimum absolute atomic E-state index is 0.0301. The molecule has 6 heteroatoms. The van der Waals surface area contributed by atoms with Crippen LogP contribution < -0.4 is 0 Å². The Labute approximate surface area is 111 Å². The molecule has 1 aromatic rings. The van der Waals surface area contributed by atoms with Crippen molar-refractivity contribution < 1.29 is 9.72 Å². The number of carbonyl (C=O) groups excluding carboxylic acids is 1. The molecule has 0 spiro atoms. The molecule has 1 fully saturated rings. The van der Waals surface area contributed by atoms with Crippen molar-refractivity contribution in [3.8, 4) is 0 Å². The molecule has 0 N–H and O–H groups in total. The van der Waals surface area contributed by atoms with Crippen LogP contribution >= 0.6 is 0 Å². The molecule has 1 heterocycles. The Hall–Kier alpha value is -1.95. The minimum atomic E-state index is -0.465. The largest absolute Gasteiger partial charge is 0.336 e. The summed E-state index contributed by atoms with van der Waals surface area (Å²) in [5.74, 6) is -0.125. The van der Waals surface area contributed by atoms with E-state index in [0.29, 0.717) is 18.7 Å². The van der Waals surface area contributed by atoms with E-state index in [2.05, 4.69) is 4.90 Å². The summed E-state index contributed by atoms with van der Waals surface area (Å²) in [7, 11) is 2.01. The molecule has 2 rings (SSSR count). The van der Waals surface area contributed by atoms with Crippen LogP contribution in [0.1, 0.15) is 15.9 Å². The number of hydrogen-bond donors (Lipinski definition) is 0. The van der Waals surface area contributed by atoms with Crippen LogP contribution in [0.2, 0.25) is 0 Å². The standard InChI is InChI=1S/C13H17N3O3/c1-10-7-11(9-12(8-10)16(18)19)13(17)15-5-3-14(2)4-6-15/h7-9H,3-6H2,1-2H3. The highest BCUT2D eigenvalue weighted by molar-refractivity contribution is 5.95. The van der Waals surface area contributed by atoms with Crippen molar-refractivity contribution in [2.75, 3.05) is 33.2 Å². The van der Waals surface area contributed by atoms with Gasteiger partial charge in [0, 0.05) is 43.9 Å². The van der Waals surface area contributed by atoms with E-state index in [9.17, 15) is 14.9 Å². The molecule has 1 aliphatic rings. The zero-order chi connectivity index (χ0) is 14.0. The van der Waals surface area contributed by atoms with Gasteiger partial charge in [0.05, 0.1) is 4.92 Å². The summed E-state index contributed by atoms with van der Waals surface area (Å²) in [5, 5.41) is 10.8. The summed E-state index contributed by atoms with van der Waals surface area (Å²) in [4.78, 5) is 26.6. The maximum atomic E-state index is 12.3. The number of rotatable bonds is 2. The van der Waals surface area contributed by atoms with E-state index in [0.717, 1.165) is 18.7 Å². The second-order valence-electron chi connectivity index (χ2n) is 4.91. The molecule has 1 saturated heterocycles. The first kappa shape index (κ1) is 13.5. The molecule has 102 valence electrons. The molecule has 6 nitrogen and oxygen atoms in total. The van der Waals surface area contributed by atoms with Crippen LogP contribution in [0, 0.1) is 17.0 Å². The van der Waals surface area contributed by atoms with Gasteiger partial charge in [0.1, 0.15) is 0 Å². The molecule has 0 unspecified atom stereocenters. The van der Waals surface area contributed by atoms with Gasteiger partial charge in [-0.2, -0.15) is 0 Å². The van der Waals surface area contributed by atoms with Crippen LogP contribution in [-0.4, -0.2) is 53.9 Å². The summed E-state index contributed by atoms with van der Waals surface area (Å²) < 4.78 is 0. The molecule has 0 atom stereocenters. The summed E-state index contributed by atoms with van der Waals surface area (Å²) >= 11 is 0. The Bertz CT molecular complexity index is 508. The van der Waals surface area contributed by atoms with Crippen LogP contribution in [0.5, 0.6) is 0 Å². The second-order valence-corrected chi connectivity index (χ2v) is 4.91. The predicted octanol–water partition coefficient (Wildman–Crippen LogP) is 1.29. The van der Waals surface area contributed by atoms with Gasteiger partial charge in [-0.3, -0.25) is 14.9 Å². The molecule has 1 amide bonds. The van der Waals surface area contributed by atoms with Crippen LogP contribution in [0.15, 0.2) is 18.2 Å². The number of benzene rings is 1. The normalized spacial score (nSPS) is 16.4. The number of carbonyl (C=O) groups is 1. The fourth-order valence-corrected chi connectivity index (χ4v) is 2.18. The van der Waals surface area contributed by atoms with Crippen molar-refractivity contribution in [2.24, 2.45) is 0 Å². The lowest BCUT2D eigenvalue weighted by molar-refractivity contribution is -0.384. The zero-order valence-electron chi connectivity index (χ0n) is 11.1. The number of likely N-dealkylation sites (N-methyl/N-ethyl adjacent to an activating group) is 1. The van der Waals surface area contributed by atoms with Gasteiger partial charge in [-0.15, -0.1) is 0 Å². The van der Waals surface area contributed by atoms with E-state index in [-0.39, 0.29) is 11.6 Å². The quantitative estimate of drug-likeness (QED) is 0.595. The monoisotopic (exact) mass is 263 g/mol. The topological polar surface area (TPSA) is 66.7 Å². The lowest BCUT2D eigenvalue weighted by atomic mass is 10.1.